The fourth-order valence-electron chi connectivity index (χ4n) is 3.23. The molecule has 2 aliphatic rings. The van der Waals surface area contributed by atoms with Gasteiger partial charge in [-0.2, -0.15) is 0 Å². The number of likely N-dealkylation sites (tertiary alicyclic amines) is 2. The summed E-state index contributed by atoms with van der Waals surface area (Å²) in [6.07, 6.45) is 2.59. The highest BCUT2D eigenvalue weighted by Crippen LogP contribution is 2.19. The SMILES string of the molecule is CN1CCC(CN(C)C(=O)N2CCCC(C(=O)O)C2)C1. The van der Waals surface area contributed by atoms with E-state index in [-0.39, 0.29) is 6.03 Å². The number of carbonyl (C=O) groups is 2. The first-order valence-electron chi connectivity index (χ1n) is 7.38. The summed E-state index contributed by atoms with van der Waals surface area (Å²) < 4.78 is 0. The molecule has 2 amide bonds. The highest BCUT2D eigenvalue weighted by atomic mass is 16.4. The lowest BCUT2D eigenvalue weighted by Crippen LogP contribution is -2.48. The topological polar surface area (TPSA) is 64.1 Å². The maximum absolute atomic E-state index is 12.4. The Balaban J connectivity index is 1.84. The first-order valence-corrected chi connectivity index (χ1v) is 7.38. The summed E-state index contributed by atoms with van der Waals surface area (Å²) in [5.41, 5.74) is 0. The van der Waals surface area contributed by atoms with Crippen LogP contribution in [0.4, 0.5) is 4.79 Å². The monoisotopic (exact) mass is 283 g/mol. The predicted octanol–water partition coefficient (Wildman–Crippen LogP) is 0.786. The normalized spacial score (nSPS) is 27.6. The molecule has 2 unspecified atom stereocenters. The molecule has 0 saturated carbocycles. The molecule has 0 aliphatic carbocycles. The van der Waals surface area contributed by atoms with Gasteiger partial charge in [0.15, 0.2) is 0 Å². The van der Waals surface area contributed by atoms with E-state index in [1.807, 2.05) is 7.05 Å². The van der Waals surface area contributed by atoms with Crippen LogP contribution in [0.5, 0.6) is 0 Å². The van der Waals surface area contributed by atoms with Crippen molar-refractivity contribution in [2.75, 3.05) is 46.8 Å². The van der Waals surface area contributed by atoms with Gasteiger partial charge in [-0.1, -0.05) is 0 Å². The molecule has 0 bridgehead atoms. The zero-order valence-electron chi connectivity index (χ0n) is 12.4. The van der Waals surface area contributed by atoms with Gasteiger partial charge in [-0.15, -0.1) is 0 Å². The molecule has 0 radical (unpaired) electrons. The van der Waals surface area contributed by atoms with Gasteiger partial charge in [-0.3, -0.25) is 4.79 Å². The number of piperidine rings is 1. The minimum absolute atomic E-state index is 0.0227. The second kappa shape index (κ2) is 6.43. The molecular weight excluding hydrogens is 258 g/mol. The molecule has 0 aromatic carbocycles. The first-order chi connectivity index (χ1) is 9.47. The number of hydrogen-bond acceptors (Lipinski definition) is 3. The highest BCUT2D eigenvalue weighted by molar-refractivity contribution is 5.76. The fourth-order valence-corrected chi connectivity index (χ4v) is 3.23. The van der Waals surface area contributed by atoms with Crippen LogP contribution in [0.2, 0.25) is 0 Å². The van der Waals surface area contributed by atoms with E-state index in [4.69, 9.17) is 5.11 Å². The van der Waals surface area contributed by atoms with Crippen LogP contribution in [0.15, 0.2) is 0 Å². The van der Waals surface area contributed by atoms with Gasteiger partial charge in [-0.05, 0) is 38.8 Å². The third-order valence-corrected chi connectivity index (χ3v) is 4.39. The van der Waals surface area contributed by atoms with Crippen LogP contribution in [0.25, 0.3) is 0 Å². The summed E-state index contributed by atoms with van der Waals surface area (Å²) >= 11 is 0. The van der Waals surface area contributed by atoms with Gasteiger partial charge in [0.25, 0.3) is 0 Å². The molecule has 2 rings (SSSR count). The molecule has 20 heavy (non-hydrogen) atoms. The van der Waals surface area contributed by atoms with Crippen LogP contribution < -0.4 is 0 Å². The van der Waals surface area contributed by atoms with Crippen molar-refractivity contribution in [3.8, 4) is 0 Å². The van der Waals surface area contributed by atoms with Gasteiger partial charge in [0.05, 0.1) is 5.92 Å². The number of carbonyl (C=O) groups excluding carboxylic acids is 1. The quantitative estimate of drug-likeness (QED) is 0.831. The van der Waals surface area contributed by atoms with Crippen molar-refractivity contribution in [1.29, 1.82) is 0 Å². The van der Waals surface area contributed by atoms with Gasteiger partial charge in [0.2, 0.25) is 0 Å². The van der Waals surface area contributed by atoms with Crippen molar-refractivity contribution in [3.63, 3.8) is 0 Å². The minimum Gasteiger partial charge on any atom is -0.481 e. The molecule has 0 aromatic rings. The molecule has 6 heteroatoms. The Bertz CT molecular complexity index is 375. The van der Waals surface area contributed by atoms with Crippen LogP contribution in [0.3, 0.4) is 0 Å². The first kappa shape index (κ1) is 15.1. The Morgan fingerprint density at radius 2 is 2.00 bits per heavy atom. The number of nitrogens with zero attached hydrogens (tertiary/aromatic N) is 3. The van der Waals surface area contributed by atoms with E-state index in [9.17, 15) is 9.59 Å². The van der Waals surface area contributed by atoms with Crippen molar-refractivity contribution >= 4 is 12.0 Å². The van der Waals surface area contributed by atoms with Crippen LogP contribution in [0, 0.1) is 11.8 Å². The van der Waals surface area contributed by atoms with Crippen LogP contribution in [0.1, 0.15) is 19.3 Å². The second-order valence-corrected chi connectivity index (χ2v) is 6.20. The van der Waals surface area contributed by atoms with Gasteiger partial charge in [-0.25, -0.2) is 4.79 Å². The average Bonchev–Trinajstić information content (AvgIpc) is 2.83. The summed E-state index contributed by atoms with van der Waals surface area (Å²) in [5, 5.41) is 9.08. The molecule has 1 N–H and O–H groups in total. The Morgan fingerprint density at radius 1 is 1.25 bits per heavy atom. The Kier molecular flexibility index (Phi) is 4.86. The van der Waals surface area contributed by atoms with Gasteiger partial charge in [0, 0.05) is 33.2 Å². The molecule has 0 spiro atoms. The Morgan fingerprint density at radius 3 is 2.60 bits per heavy atom. The van der Waals surface area contributed by atoms with Crippen LogP contribution >= 0.6 is 0 Å². The van der Waals surface area contributed by atoms with Crippen molar-refractivity contribution in [2.24, 2.45) is 11.8 Å². The second-order valence-electron chi connectivity index (χ2n) is 6.20. The van der Waals surface area contributed by atoms with Crippen molar-refractivity contribution in [1.82, 2.24) is 14.7 Å². The molecule has 2 heterocycles. The predicted molar refractivity (Wildman–Crippen MR) is 75.6 cm³/mol. The average molecular weight is 283 g/mol. The highest BCUT2D eigenvalue weighted by Gasteiger charge is 2.30. The van der Waals surface area contributed by atoms with Crippen LogP contribution in [-0.2, 0) is 4.79 Å². The number of amides is 2. The third-order valence-electron chi connectivity index (χ3n) is 4.39. The van der Waals surface area contributed by atoms with E-state index in [1.54, 1.807) is 9.80 Å². The van der Waals surface area contributed by atoms with E-state index in [2.05, 4.69) is 11.9 Å². The number of urea groups is 1. The molecule has 2 aliphatic heterocycles. The number of rotatable bonds is 3. The van der Waals surface area contributed by atoms with E-state index < -0.39 is 11.9 Å². The maximum Gasteiger partial charge on any atom is 0.319 e. The van der Waals surface area contributed by atoms with Gasteiger partial charge < -0.3 is 19.8 Å². The molecule has 2 atom stereocenters. The lowest BCUT2D eigenvalue weighted by molar-refractivity contribution is -0.143. The number of carboxylic acid groups (broad SMARTS) is 1. The van der Waals surface area contributed by atoms with E-state index in [0.29, 0.717) is 25.4 Å². The molecule has 114 valence electrons. The smallest absolute Gasteiger partial charge is 0.319 e. The number of carboxylic acids is 1. The molecule has 6 nitrogen and oxygen atoms in total. The van der Waals surface area contributed by atoms with Gasteiger partial charge in [0.1, 0.15) is 0 Å². The molecule has 0 aromatic heterocycles. The van der Waals surface area contributed by atoms with E-state index >= 15 is 0 Å². The van der Waals surface area contributed by atoms with Crippen LogP contribution in [-0.4, -0.2) is 78.6 Å². The zero-order valence-corrected chi connectivity index (χ0v) is 12.4. The maximum atomic E-state index is 12.4. The van der Waals surface area contributed by atoms with Crippen molar-refractivity contribution in [3.05, 3.63) is 0 Å². The van der Waals surface area contributed by atoms with Gasteiger partial charge >= 0.3 is 12.0 Å². The lowest BCUT2D eigenvalue weighted by atomic mass is 9.98. The minimum atomic E-state index is -0.789. The summed E-state index contributed by atoms with van der Waals surface area (Å²) in [4.78, 5) is 29.2. The molecule has 2 fully saturated rings. The number of hydrogen-bond donors (Lipinski definition) is 1. The summed E-state index contributed by atoms with van der Waals surface area (Å²) in [5.74, 6) is -0.657. The van der Waals surface area contributed by atoms with Crippen molar-refractivity contribution < 1.29 is 14.7 Å². The number of aliphatic carboxylic acids is 1. The fraction of sp³-hybridized carbons (Fsp3) is 0.857. The summed E-state index contributed by atoms with van der Waals surface area (Å²) in [6.45, 7) is 3.92. The van der Waals surface area contributed by atoms with E-state index in [0.717, 1.165) is 32.5 Å². The Labute approximate surface area is 120 Å². The molecular formula is C14H25N3O3. The molecule has 2 saturated heterocycles. The standard InChI is InChI=1S/C14H25N3O3/c1-15-7-5-11(8-15)9-16(2)14(20)17-6-3-4-12(10-17)13(18)19/h11-12H,3-10H2,1-2H3,(H,18,19). The third kappa shape index (κ3) is 3.62. The van der Waals surface area contributed by atoms with E-state index in [1.165, 1.54) is 0 Å². The summed E-state index contributed by atoms with van der Waals surface area (Å²) in [7, 11) is 3.93. The zero-order chi connectivity index (χ0) is 14.7. The Hall–Kier alpha value is -1.30. The summed E-state index contributed by atoms with van der Waals surface area (Å²) in [6, 6.07) is -0.0227. The lowest BCUT2D eigenvalue weighted by Gasteiger charge is -2.34. The van der Waals surface area contributed by atoms with Crippen molar-refractivity contribution in [2.45, 2.75) is 19.3 Å². The largest absolute Gasteiger partial charge is 0.481 e.